The molecule has 0 spiro atoms. The Morgan fingerprint density at radius 2 is 1.79 bits per heavy atom. The molecular formula is C17H22O2. The van der Waals surface area contributed by atoms with Gasteiger partial charge in [0.05, 0.1) is 12.7 Å². The maximum atomic E-state index is 12.3. The molecule has 1 heterocycles. The van der Waals surface area contributed by atoms with Gasteiger partial charge in [-0.3, -0.25) is 4.79 Å². The Morgan fingerprint density at radius 1 is 1.16 bits per heavy atom. The van der Waals surface area contributed by atoms with Gasteiger partial charge in [-0.2, -0.15) is 0 Å². The van der Waals surface area contributed by atoms with Crippen molar-refractivity contribution in [3.05, 3.63) is 24.2 Å². The van der Waals surface area contributed by atoms with Crippen molar-refractivity contribution < 1.29 is 9.21 Å². The molecule has 2 nitrogen and oxygen atoms in total. The summed E-state index contributed by atoms with van der Waals surface area (Å²) in [6, 6.07) is 3.78. The molecule has 102 valence electrons. The molecule has 1 aromatic heterocycles. The first kappa shape index (κ1) is 11.7. The number of furan rings is 1. The Labute approximate surface area is 114 Å². The number of hydrogen-bond donors (Lipinski definition) is 0. The van der Waals surface area contributed by atoms with Gasteiger partial charge in [0.15, 0.2) is 0 Å². The number of Topliss-reactive ketones (excluding diaryl/α,β-unsaturated/α-hetero) is 1. The van der Waals surface area contributed by atoms with Crippen molar-refractivity contribution in [3.8, 4) is 0 Å². The summed E-state index contributed by atoms with van der Waals surface area (Å²) < 4.78 is 5.30. The summed E-state index contributed by atoms with van der Waals surface area (Å²) in [4.78, 5) is 12.3. The highest BCUT2D eigenvalue weighted by Gasteiger charge is 2.51. The Kier molecular flexibility index (Phi) is 2.61. The van der Waals surface area contributed by atoms with Crippen molar-refractivity contribution in [2.45, 2.75) is 51.4 Å². The molecule has 4 fully saturated rings. The van der Waals surface area contributed by atoms with Crippen LogP contribution in [0.15, 0.2) is 22.8 Å². The average molecular weight is 258 g/mol. The zero-order valence-corrected chi connectivity index (χ0v) is 11.4. The molecule has 0 amide bonds. The maximum Gasteiger partial charge on any atom is 0.140 e. The molecule has 4 bridgehead atoms. The fourth-order valence-electron chi connectivity index (χ4n) is 5.59. The normalized spacial score (nSPS) is 39.7. The molecule has 0 aliphatic heterocycles. The van der Waals surface area contributed by atoms with Crippen LogP contribution in [0.1, 0.15) is 50.7 Å². The maximum absolute atomic E-state index is 12.3. The first-order chi connectivity index (χ1) is 9.21. The standard InChI is InChI=1S/C17H22O2/c18-15(7-16-2-1-3-19-16)11-17-8-12-4-13(9-17)6-14(5-12)10-17/h1-3,12-14H,4-11H2. The highest BCUT2D eigenvalue weighted by atomic mass is 16.3. The van der Waals surface area contributed by atoms with E-state index in [0.29, 0.717) is 17.6 Å². The van der Waals surface area contributed by atoms with E-state index >= 15 is 0 Å². The van der Waals surface area contributed by atoms with Gasteiger partial charge in [-0.25, -0.2) is 0 Å². The molecule has 5 rings (SSSR count). The Bertz CT molecular complexity index is 436. The summed E-state index contributed by atoms with van der Waals surface area (Å²) in [5, 5.41) is 0. The van der Waals surface area contributed by atoms with Crippen LogP contribution in [0.5, 0.6) is 0 Å². The van der Waals surface area contributed by atoms with Crippen molar-refractivity contribution in [1.82, 2.24) is 0 Å². The molecule has 0 aromatic carbocycles. The smallest absolute Gasteiger partial charge is 0.140 e. The molecule has 0 radical (unpaired) electrons. The molecule has 1 aromatic rings. The predicted octanol–water partition coefficient (Wildman–Crippen LogP) is 4.00. The van der Waals surface area contributed by atoms with E-state index in [1.54, 1.807) is 6.26 Å². The molecule has 0 N–H and O–H groups in total. The second-order valence-electron chi connectivity index (χ2n) is 7.39. The Hall–Kier alpha value is -1.05. The third kappa shape index (κ3) is 2.15. The minimum atomic E-state index is 0.373. The first-order valence-corrected chi connectivity index (χ1v) is 7.75. The third-order valence-corrected chi connectivity index (χ3v) is 5.69. The van der Waals surface area contributed by atoms with Crippen LogP contribution in [0.25, 0.3) is 0 Å². The van der Waals surface area contributed by atoms with Crippen LogP contribution in [0.3, 0.4) is 0 Å². The van der Waals surface area contributed by atoms with Crippen molar-refractivity contribution in [1.29, 1.82) is 0 Å². The van der Waals surface area contributed by atoms with Crippen molar-refractivity contribution >= 4 is 5.78 Å². The van der Waals surface area contributed by atoms with Crippen molar-refractivity contribution in [2.75, 3.05) is 0 Å². The monoisotopic (exact) mass is 258 g/mol. The van der Waals surface area contributed by atoms with Gasteiger partial charge in [0.1, 0.15) is 11.5 Å². The van der Waals surface area contributed by atoms with Crippen LogP contribution < -0.4 is 0 Å². The molecule has 4 saturated carbocycles. The number of ketones is 1. The fourth-order valence-corrected chi connectivity index (χ4v) is 5.59. The van der Waals surface area contributed by atoms with E-state index < -0.39 is 0 Å². The largest absolute Gasteiger partial charge is 0.469 e. The van der Waals surface area contributed by atoms with Crippen molar-refractivity contribution in [3.63, 3.8) is 0 Å². The molecule has 2 heteroatoms. The van der Waals surface area contributed by atoms with E-state index in [2.05, 4.69) is 0 Å². The summed E-state index contributed by atoms with van der Waals surface area (Å²) in [6.07, 6.45) is 11.3. The van der Waals surface area contributed by atoms with E-state index in [1.165, 1.54) is 38.5 Å². The summed E-state index contributed by atoms with van der Waals surface area (Å²) in [6.45, 7) is 0. The van der Waals surface area contributed by atoms with Crippen LogP contribution >= 0.6 is 0 Å². The lowest BCUT2D eigenvalue weighted by Crippen LogP contribution is -2.47. The van der Waals surface area contributed by atoms with Crippen LogP contribution in [0, 0.1) is 23.2 Å². The van der Waals surface area contributed by atoms with E-state index in [0.717, 1.165) is 29.9 Å². The molecule has 4 aliphatic rings. The first-order valence-electron chi connectivity index (χ1n) is 7.75. The zero-order chi connectivity index (χ0) is 12.9. The lowest BCUT2D eigenvalue weighted by molar-refractivity contribution is -0.126. The number of hydrogen-bond acceptors (Lipinski definition) is 2. The molecule has 4 aliphatic carbocycles. The van der Waals surface area contributed by atoms with Crippen molar-refractivity contribution in [2.24, 2.45) is 23.2 Å². The second kappa shape index (κ2) is 4.22. The SMILES string of the molecule is O=C(Cc1ccco1)CC12CC3CC(CC(C3)C1)C2. The van der Waals surface area contributed by atoms with E-state index in [9.17, 15) is 4.79 Å². The summed E-state index contributed by atoms with van der Waals surface area (Å²) in [5.41, 5.74) is 0.373. The zero-order valence-electron chi connectivity index (χ0n) is 11.4. The molecule has 0 unspecified atom stereocenters. The molecule has 0 saturated heterocycles. The average Bonchev–Trinajstić information content (AvgIpc) is 2.78. The minimum absolute atomic E-state index is 0.373. The topological polar surface area (TPSA) is 30.2 Å². The number of rotatable bonds is 4. The summed E-state index contributed by atoms with van der Waals surface area (Å²) in [7, 11) is 0. The van der Waals surface area contributed by atoms with Gasteiger partial charge in [0.25, 0.3) is 0 Å². The van der Waals surface area contributed by atoms with Gasteiger partial charge >= 0.3 is 0 Å². The van der Waals surface area contributed by atoms with Gasteiger partial charge in [0, 0.05) is 6.42 Å². The highest BCUT2D eigenvalue weighted by Crippen LogP contribution is 2.61. The van der Waals surface area contributed by atoms with Crippen LogP contribution in [-0.4, -0.2) is 5.78 Å². The van der Waals surface area contributed by atoms with Crippen LogP contribution in [-0.2, 0) is 11.2 Å². The summed E-state index contributed by atoms with van der Waals surface area (Å²) in [5.74, 6) is 4.01. The van der Waals surface area contributed by atoms with Gasteiger partial charge < -0.3 is 4.42 Å². The van der Waals surface area contributed by atoms with Gasteiger partial charge in [-0.1, -0.05) is 0 Å². The van der Waals surface area contributed by atoms with Crippen LogP contribution in [0.4, 0.5) is 0 Å². The quantitative estimate of drug-likeness (QED) is 0.817. The second-order valence-corrected chi connectivity index (χ2v) is 7.39. The summed E-state index contributed by atoms with van der Waals surface area (Å²) >= 11 is 0. The minimum Gasteiger partial charge on any atom is -0.469 e. The predicted molar refractivity (Wildman–Crippen MR) is 72.6 cm³/mol. The van der Waals surface area contributed by atoms with Gasteiger partial charge in [-0.05, 0) is 73.8 Å². The Balaban J connectivity index is 1.46. The van der Waals surface area contributed by atoms with E-state index in [4.69, 9.17) is 4.42 Å². The van der Waals surface area contributed by atoms with Crippen LogP contribution in [0.2, 0.25) is 0 Å². The molecule has 19 heavy (non-hydrogen) atoms. The highest BCUT2D eigenvalue weighted by molar-refractivity contribution is 5.81. The lowest BCUT2D eigenvalue weighted by Gasteiger charge is -2.56. The Morgan fingerprint density at radius 3 is 2.32 bits per heavy atom. The fraction of sp³-hybridized carbons (Fsp3) is 0.706. The molecule has 0 atom stereocenters. The van der Waals surface area contributed by atoms with E-state index in [-0.39, 0.29) is 0 Å². The van der Waals surface area contributed by atoms with Gasteiger partial charge in [0.2, 0.25) is 0 Å². The number of carbonyl (C=O) groups is 1. The molecular weight excluding hydrogens is 236 g/mol. The van der Waals surface area contributed by atoms with E-state index in [1.807, 2.05) is 12.1 Å². The lowest BCUT2D eigenvalue weighted by atomic mass is 9.48. The number of carbonyl (C=O) groups excluding carboxylic acids is 1. The van der Waals surface area contributed by atoms with Gasteiger partial charge in [-0.15, -0.1) is 0 Å². The third-order valence-electron chi connectivity index (χ3n) is 5.69.